The van der Waals surface area contributed by atoms with Gasteiger partial charge in [-0.1, -0.05) is 18.2 Å². The number of allylic oxidation sites excluding steroid dienone is 1. The lowest BCUT2D eigenvalue weighted by Gasteiger charge is -1.99. The van der Waals surface area contributed by atoms with Gasteiger partial charge in [0.25, 0.3) is 0 Å². The molecule has 0 unspecified atom stereocenters. The van der Waals surface area contributed by atoms with Gasteiger partial charge in [-0.2, -0.15) is 0 Å². The van der Waals surface area contributed by atoms with Crippen LogP contribution in [0.5, 0.6) is 0 Å². The van der Waals surface area contributed by atoms with Crippen molar-refractivity contribution in [1.82, 2.24) is 4.98 Å². The van der Waals surface area contributed by atoms with E-state index in [1.807, 2.05) is 24.4 Å². The second-order valence-electron chi connectivity index (χ2n) is 3.02. The molecule has 2 aromatic rings. The molecule has 1 aromatic heterocycles. The van der Waals surface area contributed by atoms with Gasteiger partial charge in [0, 0.05) is 11.6 Å². The Morgan fingerprint density at radius 3 is 3.08 bits per heavy atom. The van der Waals surface area contributed by atoms with E-state index in [9.17, 15) is 0 Å². The number of hydrogen-bond donors (Lipinski definition) is 0. The van der Waals surface area contributed by atoms with Crippen LogP contribution in [0.4, 0.5) is 0 Å². The molecule has 0 spiro atoms. The van der Waals surface area contributed by atoms with Crippen molar-refractivity contribution in [3.63, 3.8) is 0 Å². The Labute approximate surface area is 77.7 Å². The van der Waals surface area contributed by atoms with Crippen LogP contribution in [-0.4, -0.2) is 4.98 Å². The van der Waals surface area contributed by atoms with Crippen LogP contribution in [0.15, 0.2) is 49.2 Å². The average molecular weight is 169 g/mol. The molecule has 0 aliphatic rings. The lowest BCUT2D eigenvalue weighted by molar-refractivity contribution is 1.28. The van der Waals surface area contributed by atoms with E-state index in [4.69, 9.17) is 0 Å². The van der Waals surface area contributed by atoms with Gasteiger partial charge in [0.05, 0.1) is 5.52 Å². The minimum Gasteiger partial charge on any atom is -0.256 e. The highest BCUT2D eigenvalue weighted by molar-refractivity contribution is 5.78. The molecule has 1 heteroatoms. The summed E-state index contributed by atoms with van der Waals surface area (Å²) in [5.41, 5.74) is 2.34. The van der Waals surface area contributed by atoms with E-state index >= 15 is 0 Å². The smallest absolute Gasteiger partial charge is 0.0702 e. The molecule has 13 heavy (non-hydrogen) atoms. The molecule has 0 radical (unpaired) electrons. The summed E-state index contributed by atoms with van der Waals surface area (Å²) in [6.45, 7) is 3.72. The predicted octanol–water partition coefficient (Wildman–Crippen LogP) is 2.96. The van der Waals surface area contributed by atoms with Crippen molar-refractivity contribution in [3.8, 4) is 0 Å². The van der Waals surface area contributed by atoms with Crippen LogP contribution in [0, 0.1) is 0 Å². The topological polar surface area (TPSA) is 12.9 Å². The van der Waals surface area contributed by atoms with Crippen LogP contribution in [0.2, 0.25) is 0 Å². The quantitative estimate of drug-likeness (QED) is 0.630. The molecule has 0 amide bonds. The minimum absolute atomic E-state index is 0.921. The first-order valence-electron chi connectivity index (χ1n) is 4.35. The third-order valence-corrected chi connectivity index (χ3v) is 2.05. The Hall–Kier alpha value is -1.63. The normalized spacial score (nSPS) is 10.2. The maximum absolute atomic E-state index is 4.26. The lowest BCUT2D eigenvalue weighted by Crippen LogP contribution is -1.82. The van der Waals surface area contributed by atoms with Crippen molar-refractivity contribution in [2.24, 2.45) is 0 Å². The fraction of sp³-hybridized carbons (Fsp3) is 0.0833. The third kappa shape index (κ3) is 1.59. The maximum atomic E-state index is 4.26. The Morgan fingerprint density at radius 1 is 1.31 bits per heavy atom. The van der Waals surface area contributed by atoms with E-state index in [1.54, 1.807) is 0 Å². The van der Waals surface area contributed by atoms with Crippen LogP contribution in [-0.2, 0) is 6.42 Å². The zero-order chi connectivity index (χ0) is 9.10. The van der Waals surface area contributed by atoms with Gasteiger partial charge in [0.1, 0.15) is 0 Å². The number of nitrogens with zero attached hydrogens (tertiary/aromatic N) is 1. The number of rotatable bonds is 2. The van der Waals surface area contributed by atoms with E-state index in [0.717, 1.165) is 11.9 Å². The number of fused-ring (bicyclic) bond motifs is 1. The van der Waals surface area contributed by atoms with Gasteiger partial charge in [0.15, 0.2) is 0 Å². The molecule has 0 fully saturated rings. The Morgan fingerprint density at radius 2 is 2.23 bits per heavy atom. The Bertz CT molecular complexity index is 432. The summed E-state index contributed by atoms with van der Waals surface area (Å²) >= 11 is 0. The second-order valence-corrected chi connectivity index (χ2v) is 3.02. The highest BCUT2D eigenvalue weighted by Gasteiger charge is 1.94. The van der Waals surface area contributed by atoms with Crippen LogP contribution in [0.1, 0.15) is 5.56 Å². The highest BCUT2D eigenvalue weighted by Crippen LogP contribution is 2.13. The molecule has 0 aliphatic carbocycles. The van der Waals surface area contributed by atoms with E-state index in [-0.39, 0.29) is 0 Å². The second kappa shape index (κ2) is 3.40. The lowest BCUT2D eigenvalue weighted by atomic mass is 10.1. The van der Waals surface area contributed by atoms with Gasteiger partial charge in [-0.25, -0.2) is 0 Å². The molecule has 0 saturated carbocycles. The number of aromatic nitrogens is 1. The molecule has 64 valence electrons. The number of benzene rings is 1. The van der Waals surface area contributed by atoms with E-state index in [2.05, 4.69) is 29.8 Å². The Balaban J connectivity index is 2.55. The molecule has 1 nitrogen and oxygen atoms in total. The molecule has 0 bridgehead atoms. The maximum Gasteiger partial charge on any atom is 0.0702 e. The van der Waals surface area contributed by atoms with Crippen LogP contribution in [0.25, 0.3) is 10.9 Å². The van der Waals surface area contributed by atoms with Crippen LogP contribution >= 0.6 is 0 Å². The molecule has 1 aromatic carbocycles. The Kier molecular flexibility index (Phi) is 2.09. The molecule has 2 rings (SSSR count). The summed E-state index contributed by atoms with van der Waals surface area (Å²) in [5, 5.41) is 1.20. The summed E-state index contributed by atoms with van der Waals surface area (Å²) in [4.78, 5) is 4.26. The first-order chi connectivity index (χ1) is 6.40. The van der Waals surface area contributed by atoms with Gasteiger partial charge >= 0.3 is 0 Å². The van der Waals surface area contributed by atoms with Gasteiger partial charge < -0.3 is 0 Å². The van der Waals surface area contributed by atoms with E-state index < -0.39 is 0 Å². The zero-order valence-electron chi connectivity index (χ0n) is 7.40. The number of hydrogen-bond acceptors (Lipinski definition) is 1. The molecule has 1 heterocycles. The van der Waals surface area contributed by atoms with Gasteiger partial charge in [-0.05, 0) is 30.2 Å². The summed E-state index contributed by atoms with van der Waals surface area (Å²) in [6, 6.07) is 10.3. The first-order valence-corrected chi connectivity index (χ1v) is 4.35. The predicted molar refractivity (Wildman–Crippen MR) is 55.6 cm³/mol. The molecule has 0 saturated heterocycles. The fourth-order valence-electron chi connectivity index (χ4n) is 1.42. The van der Waals surface area contributed by atoms with Crippen LogP contribution < -0.4 is 0 Å². The molecule has 0 N–H and O–H groups in total. The SMILES string of the molecule is C=CCc1ccc2ncccc2c1. The van der Waals surface area contributed by atoms with Gasteiger partial charge in [-0.15, -0.1) is 6.58 Å². The molecule has 0 aliphatic heterocycles. The molecule has 0 atom stereocenters. The summed E-state index contributed by atoms with van der Waals surface area (Å²) in [7, 11) is 0. The largest absolute Gasteiger partial charge is 0.256 e. The number of pyridine rings is 1. The van der Waals surface area contributed by atoms with Crippen molar-refractivity contribution < 1.29 is 0 Å². The average Bonchev–Trinajstić information content (AvgIpc) is 2.18. The summed E-state index contributed by atoms with van der Waals surface area (Å²) < 4.78 is 0. The molecular formula is C12H11N. The van der Waals surface area contributed by atoms with Crippen molar-refractivity contribution >= 4 is 10.9 Å². The van der Waals surface area contributed by atoms with E-state index in [1.165, 1.54) is 10.9 Å². The summed E-state index contributed by atoms with van der Waals surface area (Å²) in [5.74, 6) is 0. The standard InChI is InChI=1S/C12H11N/c1-2-4-10-6-7-12-11(9-10)5-3-8-13-12/h2-3,5-9H,1,4H2. The summed E-state index contributed by atoms with van der Waals surface area (Å²) in [6.07, 6.45) is 4.65. The van der Waals surface area contributed by atoms with Gasteiger partial charge in [-0.3, -0.25) is 4.98 Å². The zero-order valence-corrected chi connectivity index (χ0v) is 7.40. The fourth-order valence-corrected chi connectivity index (χ4v) is 1.42. The third-order valence-electron chi connectivity index (χ3n) is 2.05. The van der Waals surface area contributed by atoms with Crippen molar-refractivity contribution in [3.05, 3.63) is 54.7 Å². The van der Waals surface area contributed by atoms with Gasteiger partial charge in [0.2, 0.25) is 0 Å². The first kappa shape index (κ1) is 7.99. The van der Waals surface area contributed by atoms with E-state index in [0.29, 0.717) is 0 Å². The van der Waals surface area contributed by atoms with Crippen molar-refractivity contribution in [2.75, 3.05) is 0 Å². The minimum atomic E-state index is 0.921. The van der Waals surface area contributed by atoms with Crippen molar-refractivity contribution in [1.29, 1.82) is 0 Å². The highest BCUT2D eigenvalue weighted by atomic mass is 14.6. The molecular weight excluding hydrogens is 158 g/mol. The van der Waals surface area contributed by atoms with Crippen LogP contribution in [0.3, 0.4) is 0 Å². The monoisotopic (exact) mass is 169 g/mol. The van der Waals surface area contributed by atoms with Crippen molar-refractivity contribution in [2.45, 2.75) is 6.42 Å².